The van der Waals surface area contributed by atoms with Crippen LogP contribution in [0.5, 0.6) is 0 Å². The van der Waals surface area contributed by atoms with Crippen LogP contribution >= 0.6 is 27.7 Å². The lowest BCUT2D eigenvalue weighted by molar-refractivity contribution is 0.180. The van der Waals surface area contributed by atoms with Gasteiger partial charge < -0.3 is 10.2 Å². The first-order valence-electron chi connectivity index (χ1n) is 5.26. The predicted molar refractivity (Wildman–Crippen MR) is 73.8 cm³/mol. The summed E-state index contributed by atoms with van der Waals surface area (Å²) in [6.45, 7) is 2.77. The van der Waals surface area contributed by atoms with E-state index < -0.39 is 0 Å². The van der Waals surface area contributed by atoms with Crippen molar-refractivity contribution in [3.63, 3.8) is 0 Å². The van der Waals surface area contributed by atoms with Crippen LogP contribution in [0.2, 0.25) is 0 Å². The minimum Gasteiger partial charge on any atom is -0.453 e. The van der Waals surface area contributed by atoms with E-state index in [1.54, 1.807) is 0 Å². The number of likely N-dealkylation sites (N-methyl/N-ethyl adjacent to an activating group) is 1. The van der Waals surface area contributed by atoms with Gasteiger partial charge in [-0.05, 0) is 48.3 Å². The molecule has 0 aliphatic heterocycles. The van der Waals surface area contributed by atoms with Crippen molar-refractivity contribution in [2.45, 2.75) is 19.0 Å². The second kappa shape index (κ2) is 6.69. The Bertz CT molecular complexity index is 319. The van der Waals surface area contributed by atoms with E-state index in [9.17, 15) is 0 Å². The van der Waals surface area contributed by atoms with Gasteiger partial charge in [0, 0.05) is 18.3 Å². The SMILES string of the molecule is CSCC(C)N(C)C(CN)c1ccc(Br)o1. The fraction of sp³-hybridized carbons (Fsp3) is 0.636. The number of halogens is 1. The molecule has 0 saturated heterocycles. The van der Waals surface area contributed by atoms with E-state index in [0.717, 1.165) is 16.2 Å². The van der Waals surface area contributed by atoms with Gasteiger partial charge >= 0.3 is 0 Å². The summed E-state index contributed by atoms with van der Waals surface area (Å²) in [5, 5.41) is 0. The molecule has 0 fully saturated rings. The summed E-state index contributed by atoms with van der Waals surface area (Å²) >= 11 is 5.16. The molecule has 16 heavy (non-hydrogen) atoms. The van der Waals surface area contributed by atoms with Crippen molar-refractivity contribution in [3.8, 4) is 0 Å². The summed E-state index contributed by atoms with van der Waals surface area (Å²) in [6, 6.07) is 4.51. The minimum absolute atomic E-state index is 0.147. The van der Waals surface area contributed by atoms with Gasteiger partial charge in [-0.25, -0.2) is 0 Å². The van der Waals surface area contributed by atoms with Gasteiger partial charge in [-0.15, -0.1) is 0 Å². The normalized spacial score (nSPS) is 15.4. The van der Waals surface area contributed by atoms with Crippen LogP contribution in [0.3, 0.4) is 0 Å². The molecular weight excluding hydrogens is 288 g/mol. The topological polar surface area (TPSA) is 42.4 Å². The molecule has 0 radical (unpaired) electrons. The average molecular weight is 307 g/mol. The number of furan rings is 1. The van der Waals surface area contributed by atoms with Crippen molar-refractivity contribution in [1.82, 2.24) is 4.90 Å². The van der Waals surface area contributed by atoms with Gasteiger partial charge in [0.05, 0.1) is 6.04 Å². The molecule has 1 aromatic rings. The minimum atomic E-state index is 0.147. The highest BCUT2D eigenvalue weighted by molar-refractivity contribution is 9.10. The highest BCUT2D eigenvalue weighted by Crippen LogP contribution is 2.25. The summed E-state index contributed by atoms with van der Waals surface area (Å²) in [5.41, 5.74) is 5.83. The molecule has 0 aliphatic carbocycles. The molecule has 1 rings (SSSR count). The maximum Gasteiger partial charge on any atom is 0.169 e. The molecule has 2 N–H and O–H groups in total. The first kappa shape index (κ1) is 14.1. The Morgan fingerprint density at radius 1 is 1.56 bits per heavy atom. The van der Waals surface area contributed by atoms with E-state index >= 15 is 0 Å². The van der Waals surface area contributed by atoms with E-state index in [1.165, 1.54) is 0 Å². The lowest BCUT2D eigenvalue weighted by atomic mass is 10.1. The van der Waals surface area contributed by atoms with Gasteiger partial charge in [-0.1, -0.05) is 0 Å². The summed E-state index contributed by atoms with van der Waals surface area (Å²) < 4.78 is 6.33. The third-order valence-corrected chi connectivity index (χ3v) is 3.98. The highest BCUT2D eigenvalue weighted by atomic mass is 79.9. The van der Waals surface area contributed by atoms with Crippen LogP contribution in [-0.4, -0.2) is 36.5 Å². The Morgan fingerprint density at radius 3 is 2.69 bits per heavy atom. The summed E-state index contributed by atoms with van der Waals surface area (Å²) in [6.07, 6.45) is 2.12. The Morgan fingerprint density at radius 2 is 2.25 bits per heavy atom. The Kier molecular flexibility index (Phi) is 5.89. The van der Waals surface area contributed by atoms with Gasteiger partial charge in [0.2, 0.25) is 0 Å². The van der Waals surface area contributed by atoms with Crippen LogP contribution in [0.4, 0.5) is 0 Å². The van der Waals surface area contributed by atoms with Crippen LogP contribution < -0.4 is 5.73 Å². The number of rotatable bonds is 6. The fourth-order valence-corrected chi connectivity index (χ4v) is 2.69. The number of hydrogen-bond acceptors (Lipinski definition) is 4. The number of nitrogens with two attached hydrogens (primary N) is 1. The van der Waals surface area contributed by atoms with Crippen molar-refractivity contribution in [2.75, 3.05) is 25.6 Å². The fourth-order valence-electron chi connectivity index (χ4n) is 1.66. The van der Waals surface area contributed by atoms with E-state index in [4.69, 9.17) is 10.2 Å². The zero-order chi connectivity index (χ0) is 12.1. The van der Waals surface area contributed by atoms with Crippen LogP contribution in [0.25, 0.3) is 0 Å². The molecule has 0 spiro atoms. The number of thioether (sulfide) groups is 1. The quantitative estimate of drug-likeness (QED) is 0.877. The van der Waals surface area contributed by atoms with Crippen LogP contribution in [-0.2, 0) is 0 Å². The van der Waals surface area contributed by atoms with Crippen LogP contribution in [0, 0.1) is 0 Å². The number of hydrogen-bond donors (Lipinski definition) is 1. The second-order valence-electron chi connectivity index (χ2n) is 3.86. The molecule has 2 atom stereocenters. The maximum absolute atomic E-state index is 5.83. The molecule has 1 aromatic heterocycles. The zero-order valence-corrected chi connectivity index (χ0v) is 12.3. The molecule has 0 aromatic carbocycles. The van der Waals surface area contributed by atoms with Gasteiger partial charge in [-0.2, -0.15) is 11.8 Å². The molecule has 92 valence electrons. The van der Waals surface area contributed by atoms with E-state index in [0.29, 0.717) is 12.6 Å². The summed E-state index contributed by atoms with van der Waals surface area (Å²) in [5.74, 6) is 2.01. The molecule has 3 nitrogen and oxygen atoms in total. The number of nitrogens with zero attached hydrogens (tertiary/aromatic N) is 1. The second-order valence-corrected chi connectivity index (χ2v) is 5.56. The largest absolute Gasteiger partial charge is 0.453 e. The van der Waals surface area contributed by atoms with Gasteiger partial charge in [0.15, 0.2) is 4.67 Å². The average Bonchev–Trinajstić information content (AvgIpc) is 2.66. The third-order valence-electron chi connectivity index (χ3n) is 2.74. The maximum atomic E-state index is 5.83. The van der Waals surface area contributed by atoms with Gasteiger partial charge in [0.25, 0.3) is 0 Å². The molecule has 0 bridgehead atoms. The van der Waals surface area contributed by atoms with E-state index in [1.807, 2.05) is 23.9 Å². The molecule has 0 amide bonds. The predicted octanol–water partition coefficient (Wildman–Crippen LogP) is 2.73. The molecule has 0 saturated carbocycles. The monoisotopic (exact) mass is 306 g/mol. The summed E-state index contributed by atoms with van der Waals surface area (Å²) in [7, 11) is 2.09. The van der Waals surface area contributed by atoms with Gasteiger partial charge in [0.1, 0.15) is 5.76 Å². The van der Waals surface area contributed by atoms with Crippen molar-refractivity contribution < 1.29 is 4.42 Å². The highest BCUT2D eigenvalue weighted by Gasteiger charge is 2.22. The summed E-state index contributed by atoms with van der Waals surface area (Å²) in [4.78, 5) is 2.27. The van der Waals surface area contributed by atoms with Crippen molar-refractivity contribution in [3.05, 3.63) is 22.6 Å². The lowest BCUT2D eigenvalue weighted by Crippen LogP contribution is -2.38. The standard InChI is InChI=1S/C11H19BrN2OS/c1-8(7-16-3)14(2)9(6-13)10-4-5-11(12)15-10/h4-5,8-9H,6-7,13H2,1-3H3. The van der Waals surface area contributed by atoms with Crippen molar-refractivity contribution in [2.24, 2.45) is 5.73 Å². The first-order valence-corrected chi connectivity index (χ1v) is 7.45. The molecule has 1 heterocycles. The van der Waals surface area contributed by atoms with Crippen LogP contribution in [0.1, 0.15) is 18.7 Å². The van der Waals surface area contributed by atoms with E-state index in [-0.39, 0.29) is 6.04 Å². The zero-order valence-electron chi connectivity index (χ0n) is 9.94. The van der Waals surface area contributed by atoms with Crippen molar-refractivity contribution >= 4 is 27.7 Å². The Labute approximate surface area is 110 Å². The van der Waals surface area contributed by atoms with Crippen LogP contribution in [0.15, 0.2) is 21.2 Å². The molecular formula is C11H19BrN2OS. The molecule has 2 unspecified atom stereocenters. The Balaban J connectivity index is 2.73. The molecule has 5 heteroatoms. The lowest BCUT2D eigenvalue weighted by Gasteiger charge is -2.30. The molecule has 0 aliphatic rings. The smallest absolute Gasteiger partial charge is 0.169 e. The Hall–Kier alpha value is 0.0300. The first-order chi connectivity index (χ1) is 7.60. The third kappa shape index (κ3) is 3.52. The van der Waals surface area contributed by atoms with Crippen molar-refractivity contribution in [1.29, 1.82) is 0 Å². The van der Waals surface area contributed by atoms with E-state index in [2.05, 4.69) is 41.1 Å². The van der Waals surface area contributed by atoms with Gasteiger partial charge in [-0.3, -0.25) is 4.90 Å².